The Kier molecular flexibility index (Phi) is 6.39. The number of anilines is 1. The van der Waals surface area contributed by atoms with Gasteiger partial charge in [0.15, 0.2) is 0 Å². The van der Waals surface area contributed by atoms with Crippen LogP contribution >= 0.6 is 34.3 Å². The zero-order valence-corrected chi connectivity index (χ0v) is 18.4. The highest BCUT2D eigenvalue weighted by molar-refractivity contribution is 7.92. The van der Waals surface area contributed by atoms with Gasteiger partial charge in [0, 0.05) is 22.4 Å². The van der Waals surface area contributed by atoms with Crippen LogP contribution in [0.15, 0.2) is 35.7 Å². The molecule has 0 spiro atoms. The standard InChI is InChI=1S/C18H18ClN3O3S3/c1-11-21-16(10-26-11)17-6-4-13(27-17)7-8-20-18(23)12-3-5-14(19)15(9-12)22-28(2,24)25/h3-6,9-10,22H,7-8H2,1-2H3,(H,20,23). The molecule has 0 aliphatic heterocycles. The maximum absolute atomic E-state index is 12.4. The van der Waals surface area contributed by atoms with Gasteiger partial charge in [0.05, 0.1) is 32.5 Å². The molecule has 0 unspecified atom stereocenters. The van der Waals surface area contributed by atoms with Gasteiger partial charge in [-0.05, 0) is 43.7 Å². The van der Waals surface area contributed by atoms with Gasteiger partial charge in [-0.1, -0.05) is 11.6 Å². The van der Waals surface area contributed by atoms with Crippen molar-refractivity contribution in [3.63, 3.8) is 0 Å². The lowest BCUT2D eigenvalue weighted by Crippen LogP contribution is -2.25. The lowest BCUT2D eigenvalue weighted by atomic mass is 10.2. The minimum atomic E-state index is -3.48. The fourth-order valence-corrected chi connectivity index (χ4v) is 4.92. The Bertz CT molecular complexity index is 1110. The number of carbonyl (C=O) groups excluding carboxylic acids is 1. The third-order valence-electron chi connectivity index (χ3n) is 3.71. The number of sulfonamides is 1. The molecule has 0 bridgehead atoms. The SMILES string of the molecule is Cc1nc(-c2ccc(CCNC(=O)c3ccc(Cl)c(NS(C)(=O)=O)c3)s2)cs1. The molecule has 2 heterocycles. The number of hydrogen-bond acceptors (Lipinski definition) is 6. The van der Waals surface area contributed by atoms with E-state index in [0.29, 0.717) is 18.5 Å². The predicted molar refractivity (Wildman–Crippen MR) is 116 cm³/mol. The minimum Gasteiger partial charge on any atom is -0.352 e. The second-order valence-electron chi connectivity index (χ2n) is 6.09. The van der Waals surface area contributed by atoms with Crippen LogP contribution in [0.5, 0.6) is 0 Å². The first-order chi connectivity index (χ1) is 13.2. The Morgan fingerprint density at radius 1 is 1.25 bits per heavy atom. The number of nitrogens with one attached hydrogen (secondary N) is 2. The Balaban J connectivity index is 1.59. The Morgan fingerprint density at radius 3 is 2.71 bits per heavy atom. The Hall–Kier alpha value is -1.94. The fraction of sp³-hybridized carbons (Fsp3) is 0.222. The first-order valence-electron chi connectivity index (χ1n) is 8.28. The summed E-state index contributed by atoms with van der Waals surface area (Å²) in [5, 5.41) is 6.14. The number of benzene rings is 1. The number of thiophene rings is 1. The number of aromatic nitrogens is 1. The number of rotatable bonds is 7. The third kappa shape index (κ3) is 5.54. The zero-order valence-electron chi connectivity index (χ0n) is 15.2. The molecule has 6 nitrogen and oxygen atoms in total. The minimum absolute atomic E-state index is 0.179. The molecule has 0 fully saturated rings. The smallest absolute Gasteiger partial charge is 0.251 e. The molecule has 148 valence electrons. The first kappa shape index (κ1) is 20.8. The van der Waals surface area contributed by atoms with E-state index < -0.39 is 10.0 Å². The number of thiazole rings is 1. The van der Waals surface area contributed by atoms with E-state index in [4.69, 9.17) is 11.6 Å². The molecular formula is C18H18ClN3O3S3. The van der Waals surface area contributed by atoms with Crippen LogP contribution in [0, 0.1) is 6.92 Å². The van der Waals surface area contributed by atoms with Gasteiger partial charge < -0.3 is 5.32 Å². The monoisotopic (exact) mass is 455 g/mol. The van der Waals surface area contributed by atoms with Gasteiger partial charge in [-0.3, -0.25) is 9.52 Å². The van der Waals surface area contributed by atoms with Crippen LogP contribution < -0.4 is 10.0 Å². The van der Waals surface area contributed by atoms with Crippen LogP contribution in [0.2, 0.25) is 5.02 Å². The van der Waals surface area contributed by atoms with Gasteiger partial charge in [-0.25, -0.2) is 13.4 Å². The number of aryl methyl sites for hydroxylation is 1. The van der Waals surface area contributed by atoms with Crippen LogP contribution in [0.3, 0.4) is 0 Å². The molecule has 3 aromatic rings. The van der Waals surface area contributed by atoms with Crippen molar-refractivity contribution in [1.29, 1.82) is 0 Å². The van der Waals surface area contributed by atoms with Crippen LogP contribution in [-0.4, -0.2) is 32.1 Å². The van der Waals surface area contributed by atoms with Crippen LogP contribution in [0.1, 0.15) is 20.2 Å². The van der Waals surface area contributed by atoms with Crippen molar-refractivity contribution in [3.05, 3.63) is 56.2 Å². The maximum Gasteiger partial charge on any atom is 0.251 e. The average molecular weight is 456 g/mol. The average Bonchev–Trinajstić information content (AvgIpc) is 3.24. The van der Waals surface area contributed by atoms with Crippen molar-refractivity contribution < 1.29 is 13.2 Å². The van der Waals surface area contributed by atoms with E-state index in [-0.39, 0.29) is 16.6 Å². The fourth-order valence-electron chi connectivity index (χ4n) is 2.47. The van der Waals surface area contributed by atoms with Crippen LogP contribution in [0.25, 0.3) is 10.6 Å². The molecule has 2 N–H and O–H groups in total. The summed E-state index contributed by atoms with van der Waals surface area (Å²) < 4.78 is 25.1. The van der Waals surface area contributed by atoms with Crippen molar-refractivity contribution in [1.82, 2.24) is 10.3 Å². The second-order valence-corrected chi connectivity index (χ2v) is 10.5. The highest BCUT2D eigenvalue weighted by Gasteiger charge is 2.12. The molecule has 1 amide bonds. The van der Waals surface area contributed by atoms with E-state index >= 15 is 0 Å². The molecule has 0 aliphatic carbocycles. The number of nitrogens with zero attached hydrogens (tertiary/aromatic N) is 1. The summed E-state index contributed by atoms with van der Waals surface area (Å²) in [5.41, 5.74) is 1.49. The summed E-state index contributed by atoms with van der Waals surface area (Å²) in [6, 6.07) is 8.55. The molecule has 2 aromatic heterocycles. The maximum atomic E-state index is 12.4. The van der Waals surface area contributed by atoms with Crippen molar-refractivity contribution in [2.75, 3.05) is 17.5 Å². The van der Waals surface area contributed by atoms with Gasteiger partial charge in [-0.15, -0.1) is 22.7 Å². The molecule has 0 saturated heterocycles. The molecular weight excluding hydrogens is 438 g/mol. The zero-order chi connectivity index (χ0) is 20.3. The number of halogens is 1. The van der Waals surface area contributed by atoms with Crippen LogP contribution in [-0.2, 0) is 16.4 Å². The summed E-state index contributed by atoms with van der Waals surface area (Å²) in [6.45, 7) is 2.44. The van der Waals surface area contributed by atoms with Gasteiger partial charge in [0.25, 0.3) is 5.91 Å². The van der Waals surface area contributed by atoms with E-state index in [1.54, 1.807) is 28.7 Å². The van der Waals surface area contributed by atoms with Crippen molar-refractivity contribution in [3.8, 4) is 10.6 Å². The normalized spacial score (nSPS) is 11.4. The first-order valence-corrected chi connectivity index (χ1v) is 12.2. The third-order valence-corrected chi connectivity index (χ3v) is 6.58. The summed E-state index contributed by atoms with van der Waals surface area (Å²) in [6.07, 6.45) is 1.72. The molecule has 0 atom stereocenters. The Morgan fingerprint density at radius 2 is 2.04 bits per heavy atom. The van der Waals surface area contributed by atoms with Crippen LogP contribution in [0.4, 0.5) is 5.69 Å². The molecule has 28 heavy (non-hydrogen) atoms. The summed E-state index contributed by atoms with van der Waals surface area (Å²) >= 11 is 9.26. The molecule has 3 rings (SSSR count). The van der Waals surface area contributed by atoms with Gasteiger partial charge in [0.1, 0.15) is 0 Å². The summed E-state index contributed by atoms with van der Waals surface area (Å²) in [4.78, 5) is 19.1. The Labute approximate surface area is 176 Å². The largest absolute Gasteiger partial charge is 0.352 e. The summed E-state index contributed by atoms with van der Waals surface area (Å²) in [7, 11) is -3.48. The van der Waals surface area contributed by atoms with Crippen molar-refractivity contribution >= 4 is 55.9 Å². The van der Waals surface area contributed by atoms with Gasteiger partial charge >= 0.3 is 0 Å². The van der Waals surface area contributed by atoms with Crippen molar-refractivity contribution in [2.24, 2.45) is 0 Å². The van der Waals surface area contributed by atoms with Crippen molar-refractivity contribution in [2.45, 2.75) is 13.3 Å². The quantitative estimate of drug-likeness (QED) is 0.559. The van der Waals surface area contributed by atoms with E-state index in [9.17, 15) is 13.2 Å². The second kappa shape index (κ2) is 8.60. The topological polar surface area (TPSA) is 88.2 Å². The van der Waals surface area contributed by atoms with E-state index in [1.807, 2.05) is 24.4 Å². The molecule has 0 aliphatic rings. The number of amides is 1. The number of hydrogen-bond donors (Lipinski definition) is 2. The van der Waals surface area contributed by atoms with E-state index in [2.05, 4.69) is 15.0 Å². The van der Waals surface area contributed by atoms with Gasteiger partial charge in [0.2, 0.25) is 10.0 Å². The summed E-state index contributed by atoms with van der Waals surface area (Å²) in [5.74, 6) is -0.292. The van der Waals surface area contributed by atoms with E-state index in [1.165, 1.54) is 12.1 Å². The molecule has 0 radical (unpaired) electrons. The van der Waals surface area contributed by atoms with E-state index in [0.717, 1.165) is 26.7 Å². The molecule has 10 heteroatoms. The molecule has 0 saturated carbocycles. The highest BCUT2D eigenvalue weighted by atomic mass is 35.5. The predicted octanol–water partition coefficient (Wildman–Crippen LogP) is 4.18. The van der Waals surface area contributed by atoms with Gasteiger partial charge in [-0.2, -0.15) is 0 Å². The molecule has 1 aromatic carbocycles. The highest BCUT2D eigenvalue weighted by Crippen LogP contribution is 2.29. The lowest BCUT2D eigenvalue weighted by molar-refractivity contribution is 0.0954. The number of carbonyl (C=O) groups is 1. The lowest BCUT2D eigenvalue weighted by Gasteiger charge is -2.09.